The van der Waals surface area contributed by atoms with Crippen LogP contribution in [-0.4, -0.2) is 17.4 Å². The Morgan fingerprint density at radius 3 is 2.73 bits per heavy atom. The van der Waals surface area contributed by atoms with Crippen molar-refractivity contribution in [3.05, 3.63) is 20.6 Å². The van der Waals surface area contributed by atoms with Gasteiger partial charge in [0.05, 0.1) is 16.8 Å². The molecule has 0 N–H and O–H groups in total. The lowest BCUT2D eigenvalue weighted by molar-refractivity contribution is 0.812. The molecule has 0 saturated carbocycles. The Balaban J connectivity index is 2.92. The largest absolute Gasteiger partial charge is 0.337 e. The van der Waals surface area contributed by atoms with E-state index >= 15 is 0 Å². The molecule has 15 heavy (non-hydrogen) atoms. The Hall–Kier alpha value is -0.285. The molecule has 78 valence electrons. The van der Waals surface area contributed by atoms with E-state index in [0.29, 0.717) is 0 Å². The maximum absolute atomic E-state index is 4.60. The number of benzene rings is 1. The molecule has 0 atom stereocenters. The molecule has 0 aliphatic carbocycles. The molecular weight excluding hydrogens is 319 g/mol. The molecule has 1 aromatic heterocycles. The fourth-order valence-corrected chi connectivity index (χ4v) is 2.69. The van der Waals surface area contributed by atoms with Crippen LogP contribution in [-0.2, 0) is 6.54 Å². The van der Waals surface area contributed by atoms with Crippen LogP contribution >= 0.6 is 31.9 Å². The molecule has 5 heteroatoms. The highest BCUT2D eigenvalue weighted by Gasteiger charge is 2.12. The van der Waals surface area contributed by atoms with Gasteiger partial charge in [0.15, 0.2) is 7.85 Å². The summed E-state index contributed by atoms with van der Waals surface area (Å²) < 4.78 is 4.40. The van der Waals surface area contributed by atoms with E-state index < -0.39 is 0 Å². The lowest BCUT2D eigenvalue weighted by Crippen LogP contribution is -2.17. The second kappa shape index (κ2) is 3.94. The molecule has 2 nitrogen and oxygen atoms in total. The van der Waals surface area contributed by atoms with Crippen molar-refractivity contribution in [3.8, 4) is 0 Å². The summed E-state index contributed by atoms with van der Waals surface area (Å²) in [4.78, 5) is 4.60. The zero-order valence-electron chi connectivity index (χ0n) is 8.93. The first-order valence-electron chi connectivity index (χ1n) is 4.87. The lowest BCUT2D eigenvalue weighted by atomic mass is 10.1. The molecule has 0 amide bonds. The molecule has 0 bridgehead atoms. The van der Waals surface area contributed by atoms with E-state index in [9.17, 15) is 0 Å². The number of halogens is 2. The van der Waals surface area contributed by atoms with Crippen molar-refractivity contribution in [1.29, 1.82) is 0 Å². The highest BCUT2D eigenvalue weighted by atomic mass is 79.9. The second-order valence-corrected chi connectivity index (χ2v) is 5.22. The van der Waals surface area contributed by atoms with Crippen molar-refractivity contribution < 1.29 is 0 Å². The zero-order valence-corrected chi connectivity index (χ0v) is 12.1. The van der Waals surface area contributed by atoms with Crippen LogP contribution in [0.2, 0.25) is 0 Å². The standard InChI is InChI=1S/C10H11BBr2N2/c1-3-15-7-4-6(12)8(13)5(2)9(7)14-10(15)11/h4H,3,11H2,1-2H3. The molecule has 2 aromatic rings. The van der Waals surface area contributed by atoms with Gasteiger partial charge in [-0.15, -0.1) is 0 Å². The van der Waals surface area contributed by atoms with Crippen LogP contribution in [0.3, 0.4) is 0 Å². The predicted octanol–water partition coefficient (Wildman–Crippen LogP) is 2.15. The van der Waals surface area contributed by atoms with Crippen LogP contribution < -0.4 is 5.72 Å². The minimum atomic E-state index is 0.954. The summed E-state index contributed by atoms with van der Waals surface area (Å²) >= 11 is 7.11. The molecular formula is C10H11BBr2N2. The molecule has 1 aromatic carbocycles. The van der Waals surface area contributed by atoms with Crippen molar-refractivity contribution in [2.75, 3.05) is 0 Å². The quantitative estimate of drug-likeness (QED) is 0.733. The molecule has 0 radical (unpaired) electrons. The molecule has 0 spiro atoms. The maximum atomic E-state index is 4.60. The topological polar surface area (TPSA) is 17.8 Å². The average molecular weight is 330 g/mol. The number of hydrogen-bond donors (Lipinski definition) is 0. The third-order valence-corrected chi connectivity index (χ3v) is 4.85. The maximum Gasteiger partial charge on any atom is 0.186 e. The van der Waals surface area contributed by atoms with Crippen molar-refractivity contribution in [3.63, 3.8) is 0 Å². The van der Waals surface area contributed by atoms with E-state index in [0.717, 1.165) is 26.7 Å². The van der Waals surface area contributed by atoms with Gasteiger partial charge in [0.2, 0.25) is 0 Å². The molecule has 0 aliphatic heterocycles. The third kappa shape index (κ3) is 1.66. The highest BCUT2D eigenvalue weighted by Crippen LogP contribution is 2.31. The Kier molecular flexibility index (Phi) is 2.95. The van der Waals surface area contributed by atoms with Gasteiger partial charge in [-0.1, -0.05) is 0 Å². The number of rotatable bonds is 1. The fraction of sp³-hybridized carbons (Fsp3) is 0.300. The minimum absolute atomic E-state index is 0.954. The van der Waals surface area contributed by atoms with Crippen LogP contribution in [0.1, 0.15) is 12.5 Å². The number of imidazole rings is 1. The number of fused-ring (bicyclic) bond motifs is 1. The molecule has 0 aliphatic rings. The van der Waals surface area contributed by atoms with E-state index in [4.69, 9.17) is 0 Å². The monoisotopic (exact) mass is 328 g/mol. The van der Waals surface area contributed by atoms with Crippen LogP contribution in [0.4, 0.5) is 0 Å². The smallest absolute Gasteiger partial charge is 0.186 e. The van der Waals surface area contributed by atoms with Crippen molar-refractivity contribution in [2.24, 2.45) is 0 Å². The van der Waals surface area contributed by atoms with E-state index in [1.807, 2.05) is 7.85 Å². The Labute approximate surface area is 107 Å². The van der Waals surface area contributed by atoms with Crippen molar-refractivity contribution in [2.45, 2.75) is 20.4 Å². The fourth-order valence-electron chi connectivity index (χ4n) is 1.87. The van der Waals surface area contributed by atoms with E-state index in [-0.39, 0.29) is 0 Å². The zero-order chi connectivity index (χ0) is 11.2. The van der Waals surface area contributed by atoms with E-state index in [1.165, 1.54) is 11.1 Å². The Morgan fingerprint density at radius 2 is 2.13 bits per heavy atom. The number of nitrogens with zero attached hydrogens (tertiary/aromatic N) is 2. The Bertz CT molecular complexity index is 534. The summed E-state index contributed by atoms with van der Waals surface area (Å²) in [6, 6.07) is 2.12. The summed E-state index contributed by atoms with van der Waals surface area (Å²) in [5, 5.41) is 0. The van der Waals surface area contributed by atoms with Crippen LogP contribution in [0, 0.1) is 6.92 Å². The summed E-state index contributed by atoms with van der Waals surface area (Å²) in [5.41, 5.74) is 4.54. The SMILES string of the molecule is Bc1nc2c(C)c(Br)c(Br)cc2n1CC. The third-order valence-electron chi connectivity index (χ3n) is 2.67. The molecule has 0 fully saturated rings. The van der Waals surface area contributed by atoms with Gasteiger partial charge in [-0.05, 0) is 57.3 Å². The van der Waals surface area contributed by atoms with Gasteiger partial charge in [-0.3, -0.25) is 0 Å². The van der Waals surface area contributed by atoms with Crippen LogP contribution in [0.5, 0.6) is 0 Å². The lowest BCUT2D eigenvalue weighted by Gasteiger charge is -2.05. The first-order valence-corrected chi connectivity index (χ1v) is 6.46. The first-order chi connectivity index (χ1) is 7.06. The molecule has 0 unspecified atom stereocenters. The molecule has 1 heterocycles. The summed E-state index contributed by atoms with van der Waals surface area (Å²) in [7, 11) is 2.05. The van der Waals surface area contributed by atoms with Gasteiger partial charge in [-0.25, -0.2) is 4.98 Å². The molecule has 0 saturated heterocycles. The van der Waals surface area contributed by atoms with Gasteiger partial charge in [0.25, 0.3) is 0 Å². The highest BCUT2D eigenvalue weighted by molar-refractivity contribution is 9.13. The van der Waals surface area contributed by atoms with E-state index in [2.05, 4.69) is 61.3 Å². The summed E-state index contributed by atoms with van der Waals surface area (Å²) in [6.45, 7) is 5.18. The van der Waals surface area contributed by atoms with Crippen molar-refractivity contribution in [1.82, 2.24) is 9.55 Å². The van der Waals surface area contributed by atoms with Gasteiger partial charge < -0.3 is 4.57 Å². The minimum Gasteiger partial charge on any atom is -0.337 e. The number of aryl methyl sites for hydroxylation is 2. The average Bonchev–Trinajstić information content (AvgIpc) is 2.51. The van der Waals surface area contributed by atoms with Gasteiger partial charge in [0, 0.05) is 15.5 Å². The van der Waals surface area contributed by atoms with Gasteiger partial charge in [0.1, 0.15) is 0 Å². The molecule has 2 rings (SSSR count). The predicted molar refractivity (Wildman–Crippen MR) is 73.7 cm³/mol. The number of hydrogen-bond acceptors (Lipinski definition) is 1. The van der Waals surface area contributed by atoms with Gasteiger partial charge >= 0.3 is 0 Å². The first kappa shape index (κ1) is 11.2. The summed E-state index contributed by atoms with van der Waals surface area (Å²) in [6.07, 6.45) is 0. The van der Waals surface area contributed by atoms with Crippen molar-refractivity contribution >= 4 is 56.5 Å². The Morgan fingerprint density at radius 1 is 1.47 bits per heavy atom. The van der Waals surface area contributed by atoms with E-state index in [1.54, 1.807) is 0 Å². The normalized spacial score (nSPS) is 11.2. The van der Waals surface area contributed by atoms with Crippen LogP contribution in [0.25, 0.3) is 11.0 Å². The summed E-state index contributed by atoms with van der Waals surface area (Å²) in [5.74, 6) is 0. The van der Waals surface area contributed by atoms with Gasteiger partial charge in [-0.2, -0.15) is 0 Å². The second-order valence-electron chi connectivity index (χ2n) is 3.57. The number of aromatic nitrogens is 2. The van der Waals surface area contributed by atoms with Crippen LogP contribution in [0.15, 0.2) is 15.0 Å².